The van der Waals surface area contributed by atoms with Crippen molar-refractivity contribution in [2.45, 2.75) is 11.4 Å². The largest absolute Gasteiger partial charge is 0.495 e. The molecular formula is C21H27N3O4S. The second kappa shape index (κ2) is 10.2. The summed E-state index contributed by atoms with van der Waals surface area (Å²) >= 11 is 0. The fourth-order valence-corrected chi connectivity index (χ4v) is 3.84. The van der Waals surface area contributed by atoms with Crippen LogP contribution >= 0.6 is 0 Å². The van der Waals surface area contributed by atoms with E-state index in [0.717, 1.165) is 9.87 Å². The number of methoxy groups -OCH3 is 1. The van der Waals surface area contributed by atoms with Crippen LogP contribution in [0.15, 0.2) is 66.1 Å². The van der Waals surface area contributed by atoms with Crippen molar-refractivity contribution in [1.82, 2.24) is 9.21 Å². The lowest BCUT2D eigenvalue weighted by atomic mass is 10.2. The first-order valence-electron chi connectivity index (χ1n) is 9.05. The lowest BCUT2D eigenvalue weighted by Crippen LogP contribution is -2.33. The number of benzene rings is 2. The highest BCUT2D eigenvalue weighted by Gasteiger charge is 2.23. The predicted octanol–water partition coefficient (Wildman–Crippen LogP) is 2.57. The van der Waals surface area contributed by atoms with Crippen LogP contribution in [-0.4, -0.2) is 57.8 Å². The molecule has 0 fully saturated rings. The van der Waals surface area contributed by atoms with Gasteiger partial charge in [-0.3, -0.25) is 9.69 Å². The molecular weight excluding hydrogens is 390 g/mol. The second-order valence-corrected chi connectivity index (χ2v) is 8.77. The Balaban J connectivity index is 2.15. The third-order valence-electron chi connectivity index (χ3n) is 4.21. The maximum absolute atomic E-state index is 12.6. The lowest BCUT2D eigenvalue weighted by Gasteiger charge is -2.20. The SMILES string of the molecule is C=CCN(CC(=O)Nc1ccc(OC)c(S(=O)(=O)N(C)C)c1)Cc1ccccc1. The van der Waals surface area contributed by atoms with Crippen molar-refractivity contribution < 1.29 is 17.9 Å². The van der Waals surface area contributed by atoms with Crippen LogP contribution in [0.4, 0.5) is 5.69 Å². The minimum Gasteiger partial charge on any atom is -0.495 e. The molecule has 0 radical (unpaired) electrons. The van der Waals surface area contributed by atoms with Gasteiger partial charge >= 0.3 is 0 Å². The summed E-state index contributed by atoms with van der Waals surface area (Å²) in [7, 11) is 0.567. The number of nitrogens with one attached hydrogen (secondary N) is 1. The van der Waals surface area contributed by atoms with Crippen molar-refractivity contribution in [3.63, 3.8) is 0 Å². The zero-order valence-corrected chi connectivity index (χ0v) is 17.8. The molecule has 0 saturated carbocycles. The van der Waals surface area contributed by atoms with Crippen molar-refractivity contribution >= 4 is 21.6 Å². The molecule has 1 N–H and O–H groups in total. The fourth-order valence-electron chi connectivity index (χ4n) is 2.77. The molecule has 2 aromatic carbocycles. The predicted molar refractivity (Wildman–Crippen MR) is 114 cm³/mol. The van der Waals surface area contributed by atoms with Gasteiger partial charge in [-0.15, -0.1) is 6.58 Å². The van der Waals surface area contributed by atoms with Crippen LogP contribution in [0.2, 0.25) is 0 Å². The summed E-state index contributed by atoms with van der Waals surface area (Å²) in [4.78, 5) is 14.5. The zero-order valence-electron chi connectivity index (χ0n) is 17.0. The van der Waals surface area contributed by atoms with Crippen molar-refractivity contribution in [2.24, 2.45) is 0 Å². The molecule has 2 rings (SSSR count). The normalized spacial score (nSPS) is 11.5. The van der Waals surface area contributed by atoms with Gasteiger partial charge in [0.15, 0.2) is 0 Å². The smallest absolute Gasteiger partial charge is 0.246 e. The van der Waals surface area contributed by atoms with Crippen molar-refractivity contribution in [3.05, 3.63) is 66.7 Å². The van der Waals surface area contributed by atoms with E-state index in [1.807, 2.05) is 35.2 Å². The second-order valence-electron chi connectivity index (χ2n) is 6.65. The van der Waals surface area contributed by atoms with Gasteiger partial charge in [0.1, 0.15) is 10.6 Å². The van der Waals surface area contributed by atoms with Gasteiger partial charge in [-0.05, 0) is 23.8 Å². The Bertz CT molecular complexity index is 944. The van der Waals surface area contributed by atoms with E-state index in [9.17, 15) is 13.2 Å². The van der Waals surface area contributed by atoms with Crippen LogP contribution in [0.25, 0.3) is 0 Å². The van der Waals surface area contributed by atoms with Crippen molar-refractivity contribution in [2.75, 3.05) is 39.6 Å². The Morgan fingerprint density at radius 3 is 2.45 bits per heavy atom. The number of sulfonamides is 1. The summed E-state index contributed by atoms with van der Waals surface area (Å²) in [5.41, 5.74) is 1.47. The van der Waals surface area contributed by atoms with E-state index in [0.29, 0.717) is 18.8 Å². The highest BCUT2D eigenvalue weighted by molar-refractivity contribution is 7.89. The first-order valence-corrected chi connectivity index (χ1v) is 10.5. The molecule has 0 aliphatic heterocycles. The molecule has 29 heavy (non-hydrogen) atoms. The van der Waals surface area contributed by atoms with E-state index >= 15 is 0 Å². The Labute approximate surface area is 172 Å². The number of carbonyl (C=O) groups is 1. The summed E-state index contributed by atoms with van der Waals surface area (Å²) in [6, 6.07) is 14.4. The number of hydrogen-bond acceptors (Lipinski definition) is 5. The minimum absolute atomic E-state index is 0.00460. The third kappa shape index (κ3) is 6.15. The van der Waals surface area contributed by atoms with Crippen LogP contribution in [-0.2, 0) is 21.4 Å². The molecule has 0 aliphatic rings. The van der Waals surface area contributed by atoms with Gasteiger partial charge in [-0.25, -0.2) is 12.7 Å². The van der Waals surface area contributed by atoms with Gasteiger partial charge in [0.25, 0.3) is 0 Å². The number of nitrogens with zero attached hydrogens (tertiary/aromatic N) is 2. The Hall–Kier alpha value is -2.68. The summed E-state index contributed by atoms with van der Waals surface area (Å²) in [6.45, 7) is 5.04. The van der Waals surface area contributed by atoms with Gasteiger partial charge in [-0.2, -0.15) is 0 Å². The van der Waals surface area contributed by atoms with Gasteiger partial charge in [0.2, 0.25) is 15.9 Å². The third-order valence-corrected chi connectivity index (χ3v) is 6.05. The molecule has 0 atom stereocenters. The topological polar surface area (TPSA) is 79.0 Å². The maximum atomic E-state index is 12.6. The van der Waals surface area contributed by atoms with E-state index < -0.39 is 10.0 Å². The highest BCUT2D eigenvalue weighted by Crippen LogP contribution is 2.28. The maximum Gasteiger partial charge on any atom is 0.246 e. The van der Waals surface area contributed by atoms with Gasteiger partial charge in [0, 0.05) is 32.9 Å². The average molecular weight is 418 g/mol. The summed E-state index contributed by atoms with van der Waals surface area (Å²) in [5.74, 6) is -0.0322. The average Bonchev–Trinajstić information content (AvgIpc) is 2.68. The van der Waals surface area contributed by atoms with Crippen LogP contribution in [0.3, 0.4) is 0 Å². The summed E-state index contributed by atoms with van der Waals surface area (Å²) in [6.07, 6.45) is 1.74. The van der Waals surface area contributed by atoms with E-state index in [1.165, 1.54) is 33.3 Å². The first kappa shape index (κ1) is 22.6. The zero-order chi connectivity index (χ0) is 21.4. The summed E-state index contributed by atoms with van der Waals surface area (Å²) < 4.78 is 31.3. The molecule has 0 aromatic heterocycles. The molecule has 0 saturated heterocycles. The van der Waals surface area contributed by atoms with Gasteiger partial charge in [0.05, 0.1) is 13.7 Å². The van der Waals surface area contributed by atoms with E-state index in [1.54, 1.807) is 12.1 Å². The Morgan fingerprint density at radius 2 is 1.86 bits per heavy atom. The molecule has 8 heteroatoms. The Morgan fingerprint density at radius 1 is 1.17 bits per heavy atom. The number of ether oxygens (including phenoxy) is 1. The van der Waals surface area contributed by atoms with Crippen molar-refractivity contribution in [3.8, 4) is 5.75 Å². The van der Waals surface area contributed by atoms with Crippen LogP contribution < -0.4 is 10.1 Å². The van der Waals surface area contributed by atoms with Crippen LogP contribution in [0.5, 0.6) is 5.75 Å². The van der Waals surface area contributed by atoms with Crippen LogP contribution in [0, 0.1) is 0 Å². The monoisotopic (exact) mass is 417 g/mol. The minimum atomic E-state index is -3.72. The molecule has 0 spiro atoms. The number of amides is 1. The number of anilines is 1. The number of rotatable bonds is 10. The number of carbonyl (C=O) groups excluding carboxylic acids is 1. The molecule has 0 unspecified atom stereocenters. The molecule has 0 aliphatic carbocycles. The van der Waals surface area contributed by atoms with Gasteiger partial charge in [-0.1, -0.05) is 36.4 Å². The number of hydrogen-bond donors (Lipinski definition) is 1. The van der Waals surface area contributed by atoms with Crippen molar-refractivity contribution in [1.29, 1.82) is 0 Å². The molecule has 0 bridgehead atoms. The molecule has 2 aromatic rings. The van der Waals surface area contributed by atoms with E-state index in [2.05, 4.69) is 11.9 Å². The molecule has 0 heterocycles. The first-order chi connectivity index (χ1) is 13.8. The van der Waals surface area contributed by atoms with E-state index in [-0.39, 0.29) is 23.1 Å². The fraction of sp³-hybridized carbons (Fsp3) is 0.286. The molecule has 7 nitrogen and oxygen atoms in total. The summed E-state index contributed by atoms with van der Waals surface area (Å²) in [5, 5.41) is 2.77. The van der Waals surface area contributed by atoms with Crippen LogP contribution in [0.1, 0.15) is 5.56 Å². The standard InChI is InChI=1S/C21H27N3O4S/c1-5-13-24(15-17-9-7-6-8-10-17)16-21(25)22-18-11-12-19(28-4)20(14-18)29(26,27)23(2)3/h5-12,14H,1,13,15-16H2,2-4H3,(H,22,25). The Kier molecular flexibility index (Phi) is 7.95. The van der Waals surface area contributed by atoms with E-state index in [4.69, 9.17) is 4.74 Å². The van der Waals surface area contributed by atoms with Gasteiger partial charge < -0.3 is 10.1 Å². The highest BCUT2D eigenvalue weighted by atomic mass is 32.2. The quantitative estimate of drug-likeness (QED) is 0.601. The molecule has 1 amide bonds. The lowest BCUT2D eigenvalue weighted by molar-refractivity contribution is -0.117. The molecule has 156 valence electrons.